The molecule has 0 N–H and O–H groups in total. The second-order valence-electron chi connectivity index (χ2n) is 2.30. The van der Waals surface area contributed by atoms with Crippen LogP contribution in [-0.4, -0.2) is 12.9 Å². The van der Waals surface area contributed by atoms with E-state index in [1.54, 1.807) is 0 Å². The average Bonchev–Trinajstić information content (AvgIpc) is 1.67. The van der Waals surface area contributed by atoms with E-state index in [1.165, 1.54) is 6.42 Å². The van der Waals surface area contributed by atoms with Gasteiger partial charge in [0.2, 0.25) is 0 Å². The van der Waals surface area contributed by atoms with Crippen LogP contribution in [0.1, 0.15) is 13.3 Å². The van der Waals surface area contributed by atoms with Crippen molar-refractivity contribution in [3.05, 3.63) is 0 Å². The van der Waals surface area contributed by atoms with Gasteiger partial charge in [-0.15, -0.1) is 11.6 Å². The summed E-state index contributed by atoms with van der Waals surface area (Å²) in [7, 11) is -1.44. The van der Waals surface area contributed by atoms with Gasteiger partial charge in [-0.3, -0.25) is 0 Å². The van der Waals surface area contributed by atoms with Crippen molar-refractivity contribution in [2.24, 2.45) is 0 Å². The molecule has 0 fully saturated rings. The van der Waals surface area contributed by atoms with Crippen molar-refractivity contribution in [3.8, 4) is 0 Å². The van der Waals surface area contributed by atoms with Gasteiger partial charge in [-0.2, -0.15) is 11.1 Å². The number of rotatable bonds is 3. The van der Waals surface area contributed by atoms with Gasteiger partial charge in [-0.25, -0.2) is 0 Å². The molecule has 0 aromatic rings. The predicted molar refractivity (Wildman–Crippen MR) is 43.3 cm³/mol. The molecular formula is C5H12Cl2Si. The second-order valence-corrected chi connectivity index (χ2v) is 9.43. The molecule has 0 saturated heterocycles. The Balaban J connectivity index is 3.37. The Bertz CT molecular complexity index is 63.4. The lowest BCUT2D eigenvalue weighted by Crippen LogP contribution is -2.24. The van der Waals surface area contributed by atoms with Crippen molar-refractivity contribution in [1.29, 1.82) is 0 Å². The highest BCUT2D eigenvalue weighted by atomic mass is 35.6. The quantitative estimate of drug-likeness (QED) is 0.348. The number of hydrogen-bond acceptors (Lipinski definition) is 0. The Kier molecular flexibility index (Phi) is 4.13. The van der Waals surface area contributed by atoms with Crippen LogP contribution in [0.3, 0.4) is 0 Å². The molecule has 0 spiro atoms. The van der Waals surface area contributed by atoms with E-state index in [0.717, 1.165) is 6.04 Å². The van der Waals surface area contributed by atoms with Crippen LogP contribution in [0.4, 0.5) is 0 Å². The van der Waals surface area contributed by atoms with Crippen LogP contribution in [0.5, 0.6) is 0 Å². The van der Waals surface area contributed by atoms with Gasteiger partial charge in [-0.1, -0.05) is 19.9 Å². The minimum atomic E-state index is -1.44. The number of hydrogen-bond donors (Lipinski definition) is 0. The van der Waals surface area contributed by atoms with Crippen LogP contribution < -0.4 is 0 Å². The van der Waals surface area contributed by atoms with E-state index in [9.17, 15) is 0 Å². The molecule has 0 aromatic carbocycles. The molecule has 0 rings (SSSR count). The third-order valence-corrected chi connectivity index (χ3v) is 6.30. The summed E-state index contributed by atoms with van der Waals surface area (Å²) >= 11 is 11.6. The summed E-state index contributed by atoms with van der Waals surface area (Å²) in [5, 5.41) is 0. The highest BCUT2D eigenvalue weighted by Crippen LogP contribution is 2.17. The Hall–Kier alpha value is 0.797. The van der Waals surface area contributed by atoms with E-state index in [-0.39, 0.29) is 0 Å². The molecule has 50 valence electrons. The van der Waals surface area contributed by atoms with E-state index in [2.05, 4.69) is 13.5 Å². The maximum atomic E-state index is 6.03. The topological polar surface area (TPSA) is 0 Å². The maximum absolute atomic E-state index is 6.03. The summed E-state index contributed by atoms with van der Waals surface area (Å²) in [5.74, 6) is 0. The zero-order valence-corrected chi connectivity index (χ0v) is 7.89. The van der Waals surface area contributed by atoms with Crippen LogP contribution in [0.25, 0.3) is 0 Å². The first kappa shape index (κ1) is 8.80. The Morgan fingerprint density at radius 2 is 2.00 bits per heavy atom. The van der Waals surface area contributed by atoms with Gasteiger partial charge in [-0.05, 0) is 6.04 Å². The summed E-state index contributed by atoms with van der Waals surface area (Å²) in [6, 6.07) is 1.14. The summed E-state index contributed by atoms with van der Waals surface area (Å²) in [4.78, 5) is 0. The summed E-state index contributed by atoms with van der Waals surface area (Å²) < 4.78 is 0. The molecule has 0 aromatic heterocycles. The molecule has 0 heterocycles. The first-order valence-corrected chi connectivity index (χ1v) is 7.33. The van der Waals surface area contributed by atoms with Gasteiger partial charge in [0.25, 0.3) is 0 Å². The van der Waals surface area contributed by atoms with E-state index < -0.39 is 7.38 Å². The van der Waals surface area contributed by atoms with Crippen molar-refractivity contribution in [2.75, 3.05) is 5.50 Å². The van der Waals surface area contributed by atoms with E-state index >= 15 is 0 Å². The van der Waals surface area contributed by atoms with Crippen LogP contribution in [-0.2, 0) is 0 Å². The van der Waals surface area contributed by atoms with Gasteiger partial charge >= 0.3 is 0 Å². The van der Waals surface area contributed by atoms with Crippen LogP contribution >= 0.6 is 22.7 Å². The van der Waals surface area contributed by atoms with Gasteiger partial charge in [0.05, 0.1) is 0 Å². The van der Waals surface area contributed by atoms with E-state index in [4.69, 9.17) is 22.7 Å². The average molecular weight is 171 g/mol. The van der Waals surface area contributed by atoms with Crippen LogP contribution in [0, 0.1) is 0 Å². The fourth-order valence-electron chi connectivity index (χ4n) is 0.588. The highest BCUT2D eigenvalue weighted by Gasteiger charge is 2.20. The first-order chi connectivity index (χ1) is 3.62. The Morgan fingerprint density at radius 3 is 2.12 bits per heavy atom. The van der Waals surface area contributed by atoms with Crippen molar-refractivity contribution in [1.82, 2.24) is 0 Å². The summed E-state index contributed by atoms with van der Waals surface area (Å²) in [6.45, 7) is 4.24. The molecule has 1 atom stereocenters. The smallest absolute Gasteiger partial charge is 0.166 e. The molecule has 0 aliphatic carbocycles. The van der Waals surface area contributed by atoms with Crippen molar-refractivity contribution < 1.29 is 0 Å². The normalized spacial score (nSPS) is 18.0. The number of halogens is 2. The Labute approximate surface area is 61.9 Å². The Morgan fingerprint density at radius 1 is 1.50 bits per heavy atom. The lowest BCUT2D eigenvalue weighted by molar-refractivity contribution is 1.06. The molecule has 0 aliphatic rings. The third kappa shape index (κ3) is 3.76. The molecule has 8 heavy (non-hydrogen) atoms. The molecular weight excluding hydrogens is 159 g/mol. The highest BCUT2D eigenvalue weighted by molar-refractivity contribution is 7.21. The van der Waals surface area contributed by atoms with Gasteiger partial charge < -0.3 is 0 Å². The van der Waals surface area contributed by atoms with Crippen LogP contribution in [0.15, 0.2) is 0 Å². The second kappa shape index (κ2) is 3.75. The molecule has 1 unspecified atom stereocenters. The largest absolute Gasteiger partial charge is 0.167 e. The number of alkyl halides is 1. The molecule has 0 radical (unpaired) electrons. The van der Waals surface area contributed by atoms with Crippen molar-refractivity contribution in [3.63, 3.8) is 0 Å². The van der Waals surface area contributed by atoms with Gasteiger partial charge in [0.15, 0.2) is 7.38 Å². The zero-order valence-electron chi connectivity index (χ0n) is 5.38. The SMILES string of the molecule is CCC[Si](C)(Cl)CCl. The molecule has 3 heteroatoms. The monoisotopic (exact) mass is 170 g/mol. The fourth-order valence-corrected chi connectivity index (χ4v) is 2.73. The van der Waals surface area contributed by atoms with Gasteiger partial charge in [0.1, 0.15) is 0 Å². The fraction of sp³-hybridized carbons (Fsp3) is 1.00. The lowest BCUT2D eigenvalue weighted by atomic mass is 10.6. The first-order valence-electron chi connectivity index (χ1n) is 2.87. The third-order valence-electron chi connectivity index (χ3n) is 1.05. The van der Waals surface area contributed by atoms with Gasteiger partial charge in [0, 0.05) is 5.50 Å². The molecule has 0 saturated carbocycles. The van der Waals surface area contributed by atoms with Crippen LogP contribution in [0.2, 0.25) is 12.6 Å². The molecule has 0 nitrogen and oxygen atoms in total. The maximum Gasteiger partial charge on any atom is 0.167 e. The van der Waals surface area contributed by atoms with E-state index in [0.29, 0.717) is 5.50 Å². The minimum absolute atomic E-state index is 0.683. The standard InChI is InChI=1S/C5H12Cl2Si/c1-3-4-8(2,7)5-6/h3-5H2,1-2H3. The summed E-state index contributed by atoms with van der Waals surface area (Å²) in [6.07, 6.45) is 1.17. The van der Waals surface area contributed by atoms with Crippen molar-refractivity contribution in [2.45, 2.75) is 25.9 Å². The minimum Gasteiger partial charge on any atom is -0.166 e. The predicted octanol–water partition coefficient (Wildman–Crippen LogP) is 2.99. The van der Waals surface area contributed by atoms with Crippen molar-refractivity contribution >= 4 is 30.1 Å². The molecule has 0 amide bonds. The molecule has 0 bridgehead atoms. The zero-order chi connectivity index (χ0) is 6.62. The molecule has 0 aliphatic heterocycles. The summed E-state index contributed by atoms with van der Waals surface area (Å²) in [5.41, 5.74) is 0.683. The lowest BCUT2D eigenvalue weighted by Gasteiger charge is -2.12. The van der Waals surface area contributed by atoms with E-state index in [1.807, 2.05) is 0 Å².